The fraction of sp³-hybridized carbons (Fsp3) is 0.800. The lowest BCUT2D eigenvalue weighted by atomic mass is 10.2. The van der Waals surface area contributed by atoms with Crippen molar-refractivity contribution in [1.29, 1.82) is 0 Å². The minimum absolute atomic E-state index is 0.217. The van der Waals surface area contributed by atoms with Crippen molar-refractivity contribution in [3.05, 3.63) is 5.21 Å². The molecular weight excluding hydrogens is 169 g/mol. The lowest BCUT2D eigenvalue weighted by Gasteiger charge is -2.06. The minimum Gasteiger partial charge on any atom is -0.623 e. The van der Waals surface area contributed by atoms with Gasteiger partial charge in [-0.1, -0.05) is 0 Å². The van der Waals surface area contributed by atoms with Crippen LogP contribution < -0.4 is 0 Å². The normalized spacial score (nSPS) is 26.3. The van der Waals surface area contributed by atoms with Gasteiger partial charge in [0.2, 0.25) is 0 Å². The minimum atomic E-state index is -4.28. The average molecular weight is 179 g/mol. The van der Waals surface area contributed by atoms with Crippen molar-refractivity contribution in [3.63, 3.8) is 0 Å². The summed E-state index contributed by atoms with van der Waals surface area (Å²) in [4.78, 5) is 17.3. The fourth-order valence-corrected chi connectivity index (χ4v) is 1.97. The molecule has 0 radical (unpaired) electrons. The van der Waals surface area contributed by atoms with Crippen LogP contribution in [0.3, 0.4) is 0 Å². The van der Waals surface area contributed by atoms with E-state index in [4.69, 9.17) is 9.79 Å². The molecule has 64 valence electrons. The summed E-state index contributed by atoms with van der Waals surface area (Å²) in [6.45, 7) is 1.65. The van der Waals surface area contributed by atoms with E-state index < -0.39 is 7.60 Å². The lowest BCUT2D eigenvalue weighted by molar-refractivity contribution is -0.485. The molecule has 1 atom stereocenters. The highest BCUT2D eigenvalue weighted by Gasteiger charge is 2.37. The number of nitrogens with zero attached hydrogens (tertiary/aromatic N) is 1. The maximum Gasteiger partial charge on any atom is 0.415 e. The van der Waals surface area contributed by atoms with Gasteiger partial charge in [0.25, 0.3) is 5.45 Å². The molecule has 0 aliphatic carbocycles. The molecule has 0 amide bonds. The van der Waals surface area contributed by atoms with Crippen LogP contribution in [-0.4, -0.2) is 26.0 Å². The number of hydroxylamine groups is 1. The molecule has 1 heterocycles. The van der Waals surface area contributed by atoms with Crippen molar-refractivity contribution < 1.29 is 19.1 Å². The largest absolute Gasteiger partial charge is 0.623 e. The van der Waals surface area contributed by atoms with E-state index in [1.54, 1.807) is 6.92 Å². The molecule has 1 unspecified atom stereocenters. The van der Waals surface area contributed by atoms with Gasteiger partial charge >= 0.3 is 7.60 Å². The van der Waals surface area contributed by atoms with Crippen LogP contribution >= 0.6 is 7.60 Å². The Morgan fingerprint density at radius 3 is 2.45 bits per heavy atom. The third kappa shape index (κ3) is 1.61. The molecule has 0 aromatic carbocycles. The maximum absolute atomic E-state index is 10.9. The molecule has 1 aliphatic rings. The number of rotatable bonds is 1. The summed E-state index contributed by atoms with van der Waals surface area (Å²) in [5.41, 5.74) is -0.273. The first-order valence-electron chi connectivity index (χ1n) is 3.31. The lowest BCUT2D eigenvalue weighted by Crippen LogP contribution is -2.15. The second kappa shape index (κ2) is 2.59. The van der Waals surface area contributed by atoms with Crippen LogP contribution in [0.2, 0.25) is 0 Å². The van der Waals surface area contributed by atoms with Gasteiger partial charge in [-0.05, 0) is 6.92 Å². The van der Waals surface area contributed by atoms with Gasteiger partial charge in [0, 0.05) is 12.8 Å². The molecule has 0 fully saturated rings. The maximum atomic E-state index is 10.9. The van der Waals surface area contributed by atoms with E-state index in [9.17, 15) is 9.77 Å². The standard InChI is InChI=1S/C5H10NO4P/c1-4-2-3-5(6(4)7)11(8,9)10/h4H,2-3H2,1H3,(H2,8,9,10). The Morgan fingerprint density at radius 2 is 2.27 bits per heavy atom. The summed E-state index contributed by atoms with van der Waals surface area (Å²) in [6.07, 6.45) is 0.749. The van der Waals surface area contributed by atoms with E-state index in [0.717, 1.165) is 0 Å². The molecule has 0 spiro atoms. The van der Waals surface area contributed by atoms with Crippen LogP contribution in [0.15, 0.2) is 0 Å². The zero-order valence-corrected chi connectivity index (χ0v) is 6.99. The average Bonchev–Trinajstić information content (AvgIpc) is 2.11. The molecule has 1 rings (SSSR count). The van der Waals surface area contributed by atoms with Gasteiger partial charge in [-0.2, -0.15) is 4.74 Å². The van der Waals surface area contributed by atoms with Crippen molar-refractivity contribution in [2.24, 2.45) is 0 Å². The van der Waals surface area contributed by atoms with Gasteiger partial charge in [-0.15, -0.1) is 0 Å². The van der Waals surface area contributed by atoms with Crippen LogP contribution in [-0.2, 0) is 4.57 Å². The summed E-state index contributed by atoms with van der Waals surface area (Å²) in [6, 6.07) is -0.294. The zero-order valence-electron chi connectivity index (χ0n) is 6.10. The molecule has 5 nitrogen and oxygen atoms in total. The Kier molecular flexibility index (Phi) is 2.05. The summed E-state index contributed by atoms with van der Waals surface area (Å²) in [5.74, 6) is 0. The van der Waals surface area contributed by atoms with Crippen molar-refractivity contribution >= 4 is 13.0 Å². The van der Waals surface area contributed by atoms with Crippen LogP contribution in [0.5, 0.6) is 0 Å². The zero-order chi connectivity index (χ0) is 8.65. The summed E-state index contributed by atoms with van der Waals surface area (Å²) < 4.78 is 11.0. The summed E-state index contributed by atoms with van der Waals surface area (Å²) >= 11 is 0. The van der Waals surface area contributed by atoms with Crippen LogP contribution in [0.1, 0.15) is 19.8 Å². The van der Waals surface area contributed by atoms with Crippen molar-refractivity contribution in [3.8, 4) is 0 Å². The second-order valence-electron chi connectivity index (χ2n) is 2.67. The quantitative estimate of drug-likeness (QED) is 0.343. The smallest absolute Gasteiger partial charge is 0.415 e. The van der Waals surface area contributed by atoms with Gasteiger partial charge in [0.15, 0.2) is 6.04 Å². The molecule has 0 saturated carbocycles. The number of hydrogen-bond acceptors (Lipinski definition) is 2. The highest BCUT2D eigenvalue weighted by atomic mass is 31.2. The van der Waals surface area contributed by atoms with E-state index in [0.29, 0.717) is 11.2 Å². The molecule has 11 heavy (non-hydrogen) atoms. The molecule has 1 aliphatic heterocycles. The predicted molar refractivity (Wildman–Crippen MR) is 39.4 cm³/mol. The van der Waals surface area contributed by atoms with Gasteiger partial charge < -0.3 is 15.0 Å². The molecule has 0 saturated heterocycles. The Balaban J connectivity index is 2.98. The Bertz CT molecular complexity index is 243. The Morgan fingerprint density at radius 1 is 1.73 bits per heavy atom. The summed E-state index contributed by atoms with van der Waals surface area (Å²) in [5, 5.41) is 10.9. The SMILES string of the molecule is CC1CCC(P(=O)(O)O)=[N+]1[O-]. The highest BCUT2D eigenvalue weighted by molar-refractivity contribution is 7.70. The summed E-state index contributed by atoms with van der Waals surface area (Å²) in [7, 11) is -4.28. The molecular formula is C5H10NO4P. The molecule has 0 aromatic rings. The third-order valence-electron chi connectivity index (χ3n) is 1.78. The van der Waals surface area contributed by atoms with Crippen LogP contribution in [0, 0.1) is 5.21 Å². The van der Waals surface area contributed by atoms with E-state index in [1.807, 2.05) is 0 Å². The van der Waals surface area contributed by atoms with E-state index in [2.05, 4.69) is 0 Å². The Hall–Kier alpha value is -0.380. The topological polar surface area (TPSA) is 83.6 Å². The van der Waals surface area contributed by atoms with E-state index in [-0.39, 0.29) is 17.9 Å². The first kappa shape index (κ1) is 8.71. The molecule has 6 heteroatoms. The fourth-order valence-electron chi connectivity index (χ4n) is 1.09. The Labute approximate surface area is 64.1 Å². The van der Waals surface area contributed by atoms with Gasteiger partial charge in [-0.25, -0.2) is 4.57 Å². The number of hydrogen-bond donors (Lipinski definition) is 2. The molecule has 0 bridgehead atoms. The van der Waals surface area contributed by atoms with Crippen molar-refractivity contribution in [2.45, 2.75) is 25.8 Å². The van der Waals surface area contributed by atoms with Gasteiger partial charge in [0.05, 0.1) is 0 Å². The first-order valence-corrected chi connectivity index (χ1v) is 4.92. The predicted octanol–water partition coefficient (Wildman–Crippen LogP) is 0.255. The van der Waals surface area contributed by atoms with Crippen LogP contribution in [0.25, 0.3) is 0 Å². The van der Waals surface area contributed by atoms with Gasteiger partial charge in [-0.3, -0.25) is 0 Å². The third-order valence-corrected chi connectivity index (χ3v) is 2.87. The highest BCUT2D eigenvalue weighted by Crippen LogP contribution is 2.41. The van der Waals surface area contributed by atoms with E-state index in [1.165, 1.54) is 0 Å². The molecule has 2 N–H and O–H groups in total. The van der Waals surface area contributed by atoms with Crippen molar-refractivity contribution in [2.75, 3.05) is 0 Å². The first-order chi connectivity index (χ1) is 4.93. The molecule has 0 aromatic heterocycles. The van der Waals surface area contributed by atoms with Crippen LogP contribution in [0.4, 0.5) is 0 Å². The van der Waals surface area contributed by atoms with Crippen molar-refractivity contribution in [1.82, 2.24) is 0 Å². The second-order valence-corrected chi connectivity index (χ2v) is 4.28. The van der Waals surface area contributed by atoms with Gasteiger partial charge in [0.1, 0.15) is 0 Å². The van der Waals surface area contributed by atoms with E-state index >= 15 is 0 Å². The monoisotopic (exact) mass is 179 g/mol.